The van der Waals surface area contributed by atoms with E-state index in [9.17, 15) is 4.79 Å². The standard InChI is InChI=1S/C15H18N4O/c1-2-10-9-17-19-15(10)18-14(20)7-11-8-16-13-6-4-3-5-12(11)13/h3-6,9,11,16H,2,7-8H2,1H3,(H2,17,18,19,20). The van der Waals surface area contributed by atoms with Crippen molar-refractivity contribution in [3.63, 3.8) is 0 Å². The van der Waals surface area contributed by atoms with E-state index in [4.69, 9.17) is 0 Å². The Kier molecular flexibility index (Phi) is 3.41. The van der Waals surface area contributed by atoms with Crippen molar-refractivity contribution in [2.24, 2.45) is 0 Å². The number of aromatic nitrogens is 2. The minimum absolute atomic E-state index is 0.0208. The van der Waals surface area contributed by atoms with E-state index >= 15 is 0 Å². The molecule has 0 spiro atoms. The van der Waals surface area contributed by atoms with Crippen molar-refractivity contribution in [1.82, 2.24) is 10.2 Å². The van der Waals surface area contributed by atoms with Gasteiger partial charge in [0.1, 0.15) is 5.82 Å². The molecule has 1 aromatic heterocycles. The Morgan fingerprint density at radius 2 is 2.30 bits per heavy atom. The van der Waals surface area contributed by atoms with E-state index in [0.29, 0.717) is 6.42 Å². The topological polar surface area (TPSA) is 69.8 Å². The first-order valence-corrected chi connectivity index (χ1v) is 6.92. The minimum Gasteiger partial charge on any atom is -0.384 e. The van der Waals surface area contributed by atoms with E-state index in [1.807, 2.05) is 19.1 Å². The van der Waals surface area contributed by atoms with Crippen molar-refractivity contribution in [1.29, 1.82) is 0 Å². The molecule has 1 aliphatic heterocycles. The molecular formula is C15H18N4O. The minimum atomic E-state index is 0.0208. The zero-order chi connectivity index (χ0) is 13.9. The average Bonchev–Trinajstić information content (AvgIpc) is 3.06. The van der Waals surface area contributed by atoms with Crippen LogP contribution in [0.2, 0.25) is 0 Å². The summed E-state index contributed by atoms with van der Waals surface area (Å²) in [4.78, 5) is 12.2. The van der Waals surface area contributed by atoms with Gasteiger partial charge in [0.15, 0.2) is 0 Å². The molecule has 0 saturated carbocycles. The van der Waals surface area contributed by atoms with Crippen LogP contribution in [0.15, 0.2) is 30.5 Å². The highest BCUT2D eigenvalue weighted by Gasteiger charge is 2.24. The Balaban J connectivity index is 1.66. The maximum absolute atomic E-state index is 12.2. The molecule has 104 valence electrons. The fourth-order valence-electron chi connectivity index (χ4n) is 2.64. The molecular weight excluding hydrogens is 252 g/mol. The molecule has 2 aromatic rings. The molecule has 0 saturated heterocycles. The number of benzene rings is 1. The van der Waals surface area contributed by atoms with Crippen molar-refractivity contribution in [3.8, 4) is 0 Å². The highest BCUT2D eigenvalue weighted by molar-refractivity contribution is 5.91. The van der Waals surface area contributed by atoms with Crippen LogP contribution in [0.1, 0.15) is 30.4 Å². The Hall–Kier alpha value is -2.30. The fourth-order valence-corrected chi connectivity index (χ4v) is 2.64. The largest absolute Gasteiger partial charge is 0.384 e. The number of hydrogen-bond donors (Lipinski definition) is 3. The molecule has 1 aromatic carbocycles. The number of nitrogens with zero attached hydrogens (tertiary/aromatic N) is 1. The third kappa shape index (κ3) is 2.39. The molecule has 0 aliphatic carbocycles. The molecule has 0 fully saturated rings. The second-order valence-electron chi connectivity index (χ2n) is 5.04. The predicted octanol–water partition coefficient (Wildman–Crippen LogP) is 2.51. The van der Waals surface area contributed by atoms with Crippen LogP contribution in [-0.2, 0) is 11.2 Å². The number of amides is 1. The van der Waals surface area contributed by atoms with Crippen LogP contribution in [0.4, 0.5) is 11.5 Å². The SMILES string of the molecule is CCc1cn[nH]c1NC(=O)CC1CNc2ccccc21. The summed E-state index contributed by atoms with van der Waals surface area (Å²) >= 11 is 0. The summed E-state index contributed by atoms with van der Waals surface area (Å²) in [6, 6.07) is 8.16. The summed E-state index contributed by atoms with van der Waals surface area (Å²) in [7, 11) is 0. The number of anilines is 2. The second-order valence-corrected chi connectivity index (χ2v) is 5.04. The number of nitrogens with one attached hydrogen (secondary N) is 3. The first-order valence-electron chi connectivity index (χ1n) is 6.92. The molecule has 3 rings (SSSR count). The summed E-state index contributed by atoms with van der Waals surface area (Å²) in [5.41, 5.74) is 3.40. The molecule has 0 radical (unpaired) electrons. The molecule has 1 amide bonds. The van der Waals surface area contributed by atoms with E-state index in [2.05, 4.69) is 33.0 Å². The normalized spacial score (nSPS) is 16.6. The highest BCUT2D eigenvalue weighted by Crippen LogP contribution is 2.33. The molecule has 1 atom stereocenters. The number of aromatic amines is 1. The lowest BCUT2D eigenvalue weighted by atomic mass is 9.97. The van der Waals surface area contributed by atoms with Crippen LogP contribution in [0.25, 0.3) is 0 Å². The van der Waals surface area contributed by atoms with Crippen molar-refractivity contribution in [3.05, 3.63) is 41.6 Å². The van der Waals surface area contributed by atoms with Gasteiger partial charge in [-0.2, -0.15) is 5.10 Å². The van der Waals surface area contributed by atoms with Crippen LogP contribution in [0.3, 0.4) is 0 Å². The monoisotopic (exact) mass is 270 g/mol. The maximum Gasteiger partial charge on any atom is 0.226 e. The zero-order valence-electron chi connectivity index (χ0n) is 11.4. The molecule has 2 heterocycles. The lowest BCUT2D eigenvalue weighted by Gasteiger charge is -2.10. The average molecular weight is 270 g/mol. The van der Waals surface area contributed by atoms with Crippen molar-refractivity contribution >= 4 is 17.4 Å². The summed E-state index contributed by atoms with van der Waals surface area (Å²) < 4.78 is 0. The van der Waals surface area contributed by atoms with Crippen molar-refractivity contribution in [2.45, 2.75) is 25.7 Å². The predicted molar refractivity (Wildman–Crippen MR) is 78.9 cm³/mol. The van der Waals surface area contributed by atoms with E-state index in [-0.39, 0.29) is 11.8 Å². The van der Waals surface area contributed by atoms with Gasteiger partial charge in [0.25, 0.3) is 0 Å². The van der Waals surface area contributed by atoms with Gasteiger partial charge in [-0.1, -0.05) is 25.1 Å². The lowest BCUT2D eigenvalue weighted by molar-refractivity contribution is -0.116. The molecule has 3 N–H and O–H groups in total. The van der Waals surface area contributed by atoms with Crippen LogP contribution in [-0.4, -0.2) is 22.6 Å². The van der Waals surface area contributed by atoms with Gasteiger partial charge in [0.05, 0.1) is 6.20 Å². The van der Waals surface area contributed by atoms with Gasteiger partial charge >= 0.3 is 0 Å². The van der Waals surface area contributed by atoms with Gasteiger partial charge in [-0.05, 0) is 18.1 Å². The number of rotatable bonds is 4. The smallest absolute Gasteiger partial charge is 0.226 e. The first kappa shape index (κ1) is 12.7. The molecule has 0 bridgehead atoms. The Morgan fingerprint density at radius 3 is 3.15 bits per heavy atom. The molecule has 1 aliphatic rings. The van der Waals surface area contributed by atoms with Crippen molar-refractivity contribution < 1.29 is 4.79 Å². The van der Waals surface area contributed by atoms with Crippen LogP contribution in [0.5, 0.6) is 0 Å². The molecule has 5 nitrogen and oxygen atoms in total. The Morgan fingerprint density at radius 1 is 1.45 bits per heavy atom. The maximum atomic E-state index is 12.2. The van der Waals surface area contributed by atoms with Gasteiger partial charge in [0.2, 0.25) is 5.91 Å². The summed E-state index contributed by atoms with van der Waals surface area (Å²) in [5, 5.41) is 13.0. The second kappa shape index (κ2) is 5.36. The van der Waals surface area contributed by atoms with E-state index in [1.54, 1.807) is 6.20 Å². The number of para-hydroxylation sites is 1. The van der Waals surface area contributed by atoms with Crippen LogP contribution >= 0.6 is 0 Å². The van der Waals surface area contributed by atoms with Crippen LogP contribution in [0, 0.1) is 0 Å². The Bertz CT molecular complexity index is 620. The van der Waals surface area contributed by atoms with Gasteiger partial charge in [-0.25, -0.2) is 0 Å². The summed E-state index contributed by atoms with van der Waals surface area (Å²) in [6.07, 6.45) is 3.08. The summed E-state index contributed by atoms with van der Waals surface area (Å²) in [5.74, 6) is 0.975. The molecule has 1 unspecified atom stereocenters. The lowest BCUT2D eigenvalue weighted by Crippen LogP contribution is -2.17. The number of hydrogen-bond acceptors (Lipinski definition) is 3. The van der Waals surface area contributed by atoms with E-state index < -0.39 is 0 Å². The number of carbonyl (C=O) groups is 1. The quantitative estimate of drug-likeness (QED) is 0.799. The highest BCUT2D eigenvalue weighted by atomic mass is 16.1. The van der Waals surface area contributed by atoms with Crippen LogP contribution < -0.4 is 10.6 Å². The third-order valence-electron chi connectivity index (χ3n) is 3.73. The number of H-pyrrole nitrogens is 1. The van der Waals surface area contributed by atoms with Gasteiger partial charge in [-0.15, -0.1) is 0 Å². The van der Waals surface area contributed by atoms with Gasteiger partial charge in [-0.3, -0.25) is 9.89 Å². The zero-order valence-corrected chi connectivity index (χ0v) is 11.4. The fraction of sp³-hybridized carbons (Fsp3) is 0.333. The van der Waals surface area contributed by atoms with Gasteiger partial charge < -0.3 is 10.6 Å². The van der Waals surface area contributed by atoms with E-state index in [1.165, 1.54) is 5.56 Å². The molecule has 5 heteroatoms. The third-order valence-corrected chi connectivity index (χ3v) is 3.73. The van der Waals surface area contributed by atoms with Gasteiger partial charge in [0, 0.05) is 30.1 Å². The number of carbonyl (C=O) groups excluding carboxylic acids is 1. The first-order chi connectivity index (χ1) is 9.78. The number of aryl methyl sites for hydroxylation is 1. The van der Waals surface area contributed by atoms with Crippen molar-refractivity contribution in [2.75, 3.05) is 17.2 Å². The molecule has 20 heavy (non-hydrogen) atoms. The Labute approximate surface area is 117 Å². The van der Waals surface area contributed by atoms with E-state index in [0.717, 1.165) is 30.0 Å². The number of fused-ring (bicyclic) bond motifs is 1. The summed E-state index contributed by atoms with van der Waals surface area (Å²) in [6.45, 7) is 2.86.